The van der Waals surface area contributed by atoms with E-state index in [1.807, 2.05) is 12.1 Å². The van der Waals surface area contributed by atoms with Gasteiger partial charge in [0.1, 0.15) is 0 Å². The van der Waals surface area contributed by atoms with Crippen LogP contribution in [0, 0.1) is 0 Å². The highest BCUT2D eigenvalue weighted by molar-refractivity contribution is 6.30. The molecule has 0 unspecified atom stereocenters. The maximum absolute atomic E-state index is 12.4. The Morgan fingerprint density at radius 2 is 1.92 bits per heavy atom. The van der Waals surface area contributed by atoms with E-state index in [1.54, 1.807) is 29.7 Å². The molecule has 1 aromatic carbocycles. The summed E-state index contributed by atoms with van der Waals surface area (Å²) in [6.07, 6.45) is 0.0153. The predicted octanol–water partition coefficient (Wildman–Crippen LogP) is 3.63. The van der Waals surface area contributed by atoms with E-state index in [-0.39, 0.29) is 24.1 Å². The summed E-state index contributed by atoms with van der Waals surface area (Å²) in [5.74, 6) is 0.0151. The second-order valence-corrected chi connectivity index (χ2v) is 6.32. The second kappa shape index (κ2) is 6.89. The highest BCUT2D eigenvalue weighted by atomic mass is 35.5. The molecule has 3 rings (SSSR count). The van der Waals surface area contributed by atoms with Crippen LogP contribution in [-0.2, 0) is 9.47 Å². The Morgan fingerprint density at radius 3 is 2.62 bits per heavy atom. The molecule has 1 saturated heterocycles. The van der Waals surface area contributed by atoms with Crippen LogP contribution in [-0.4, -0.2) is 49.4 Å². The molecule has 2 amide bonds. The average molecular weight is 353 g/mol. The van der Waals surface area contributed by atoms with Crippen molar-refractivity contribution in [3.05, 3.63) is 28.8 Å². The van der Waals surface area contributed by atoms with Crippen molar-refractivity contribution in [1.29, 1.82) is 0 Å². The number of likely N-dealkylation sites (tertiary alicyclic amines) is 1. The van der Waals surface area contributed by atoms with Gasteiger partial charge in [-0.05, 0) is 44.0 Å². The van der Waals surface area contributed by atoms with E-state index in [4.69, 9.17) is 21.1 Å². The zero-order valence-corrected chi connectivity index (χ0v) is 14.6. The van der Waals surface area contributed by atoms with Gasteiger partial charge in [0.2, 0.25) is 0 Å². The van der Waals surface area contributed by atoms with Gasteiger partial charge in [0.05, 0.1) is 24.9 Å². The number of carbonyl (C=O) groups is 2. The van der Waals surface area contributed by atoms with Crippen molar-refractivity contribution in [1.82, 2.24) is 4.90 Å². The van der Waals surface area contributed by atoms with E-state index >= 15 is 0 Å². The minimum atomic E-state index is -0.349. The van der Waals surface area contributed by atoms with Crippen LogP contribution in [0.15, 0.2) is 18.2 Å². The van der Waals surface area contributed by atoms with Crippen LogP contribution < -0.4 is 4.90 Å². The zero-order chi connectivity index (χ0) is 17.3. The minimum absolute atomic E-state index is 0.0151. The van der Waals surface area contributed by atoms with E-state index in [0.29, 0.717) is 37.7 Å². The Bertz CT molecular complexity index is 651. The van der Waals surface area contributed by atoms with Crippen LogP contribution in [0.25, 0.3) is 0 Å². The normalized spacial score (nSPS) is 22.0. The quantitative estimate of drug-likeness (QED) is 0.815. The highest BCUT2D eigenvalue weighted by Crippen LogP contribution is 2.46. The summed E-state index contributed by atoms with van der Waals surface area (Å²) in [7, 11) is 0. The number of fused-ring (bicyclic) bond motifs is 3. The number of benzene rings is 1. The molecular formula is C17H21ClN2O4. The van der Waals surface area contributed by atoms with Gasteiger partial charge < -0.3 is 14.4 Å². The number of halogens is 1. The van der Waals surface area contributed by atoms with Crippen LogP contribution in [0.5, 0.6) is 0 Å². The van der Waals surface area contributed by atoms with Gasteiger partial charge in [-0.1, -0.05) is 11.6 Å². The fraction of sp³-hybridized carbons (Fsp3) is 0.529. The van der Waals surface area contributed by atoms with Crippen molar-refractivity contribution in [3.63, 3.8) is 0 Å². The Morgan fingerprint density at radius 1 is 1.21 bits per heavy atom. The van der Waals surface area contributed by atoms with Crippen molar-refractivity contribution < 1.29 is 19.1 Å². The molecule has 1 aromatic rings. The van der Waals surface area contributed by atoms with Crippen LogP contribution in [0.1, 0.15) is 31.7 Å². The largest absolute Gasteiger partial charge is 0.450 e. The van der Waals surface area contributed by atoms with Crippen LogP contribution in [0.4, 0.5) is 15.3 Å². The molecule has 6 nitrogen and oxygen atoms in total. The van der Waals surface area contributed by atoms with Gasteiger partial charge in [-0.15, -0.1) is 0 Å². The molecule has 1 fully saturated rings. The summed E-state index contributed by atoms with van der Waals surface area (Å²) >= 11 is 6.15. The Kier molecular flexibility index (Phi) is 4.85. The molecule has 2 heterocycles. The summed E-state index contributed by atoms with van der Waals surface area (Å²) in [5.41, 5.74) is 1.80. The number of ether oxygens (including phenoxy) is 2. The number of hydrogen-bond donors (Lipinski definition) is 0. The van der Waals surface area contributed by atoms with E-state index in [1.165, 1.54) is 0 Å². The number of anilines is 1. The van der Waals surface area contributed by atoms with Crippen molar-refractivity contribution >= 4 is 29.5 Å². The number of nitrogens with zero attached hydrogens (tertiary/aromatic N) is 2. The summed E-state index contributed by atoms with van der Waals surface area (Å²) < 4.78 is 10.3. The number of hydrogen-bond acceptors (Lipinski definition) is 4. The first-order valence-electron chi connectivity index (χ1n) is 8.24. The van der Waals surface area contributed by atoms with Gasteiger partial charge in [-0.3, -0.25) is 4.90 Å². The zero-order valence-electron chi connectivity index (χ0n) is 13.8. The third-order valence-electron chi connectivity index (χ3n) is 4.55. The molecule has 0 bridgehead atoms. The lowest BCUT2D eigenvalue weighted by Gasteiger charge is -2.37. The van der Waals surface area contributed by atoms with Gasteiger partial charge in [0.15, 0.2) is 0 Å². The Labute approximate surface area is 146 Å². The van der Waals surface area contributed by atoms with Crippen molar-refractivity contribution in [2.75, 3.05) is 31.2 Å². The van der Waals surface area contributed by atoms with Crippen LogP contribution in [0.2, 0.25) is 5.02 Å². The molecule has 2 aliphatic rings. The Balaban J connectivity index is 1.91. The SMILES string of the molecule is CCOC(=O)N1CC[C@@H]2[C@@H](C1)c1cc(Cl)ccc1N2C(=O)OCC. The number of amides is 2. The number of rotatable bonds is 2. The van der Waals surface area contributed by atoms with Crippen molar-refractivity contribution in [3.8, 4) is 0 Å². The number of piperidine rings is 1. The maximum atomic E-state index is 12.4. The standard InChI is InChI=1S/C17H21ClN2O4/c1-3-23-16(21)19-8-7-15-13(10-19)12-9-11(18)5-6-14(12)20(15)17(22)24-4-2/h5-6,9,13,15H,3-4,7-8,10H2,1-2H3/t13-,15+/m0/s1. The predicted molar refractivity (Wildman–Crippen MR) is 90.7 cm³/mol. The second-order valence-electron chi connectivity index (χ2n) is 5.88. The average Bonchev–Trinajstić information content (AvgIpc) is 2.88. The molecule has 0 saturated carbocycles. The number of carbonyl (C=O) groups excluding carboxylic acids is 2. The van der Waals surface area contributed by atoms with E-state index < -0.39 is 0 Å². The van der Waals surface area contributed by atoms with Gasteiger partial charge in [-0.25, -0.2) is 9.59 Å². The lowest BCUT2D eigenvalue weighted by Crippen LogP contribution is -2.50. The molecular weight excluding hydrogens is 332 g/mol. The minimum Gasteiger partial charge on any atom is -0.450 e. The summed E-state index contributed by atoms with van der Waals surface area (Å²) in [4.78, 5) is 27.9. The fourth-order valence-electron chi connectivity index (χ4n) is 3.58. The lowest BCUT2D eigenvalue weighted by molar-refractivity contribution is 0.0926. The molecule has 2 atom stereocenters. The summed E-state index contributed by atoms with van der Waals surface area (Å²) in [6, 6.07) is 5.47. The molecule has 0 N–H and O–H groups in total. The third-order valence-corrected chi connectivity index (χ3v) is 4.78. The van der Waals surface area contributed by atoms with Crippen LogP contribution >= 0.6 is 11.6 Å². The first-order valence-corrected chi connectivity index (χ1v) is 8.61. The van der Waals surface area contributed by atoms with Crippen LogP contribution in [0.3, 0.4) is 0 Å². The maximum Gasteiger partial charge on any atom is 0.414 e. The smallest absolute Gasteiger partial charge is 0.414 e. The van der Waals surface area contributed by atoms with Gasteiger partial charge in [0, 0.05) is 24.0 Å². The van der Waals surface area contributed by atoms with Crippen molar-refractivity contribution in [2.24, 2.45) is 0 Å². The first-order chi connectivity index (χ1) is 11.6. The molecule has 0 aliphatic carbocycles. The molecule has 0 aromatic heterocycles. The molecule has 7 heteroatoms. The first kappa shape index (κ1) is 16.9. The third kappa shape index (κ3) is 2.90. The van der Waals surface area contributed by atoms with Gasteiger partial charge in [0.25, 0.3) is 0 Å². The highest BCUT2D eigenvalue weighted by Gasteiger charge is 2.46. The molecule has 0 spiro atoms. The molecule has 130 valence electrons. The van der Waals surface area contributed by atoms with Crippen molar-refractivity contribution in [2.45, 2.75) is 32.2 Å². The lowest BCUT2D eigenvalue weighted by atomic mass is 9.89. The topological polar surface area (TPSA) is 59.1 Å². The summed E-state index contributed by atoms with van der Waals surface area (Å²) in [5, 5.41) is 0.617. The molecule has 24 heavy (non-hydrogen) atoms. The van der Waals surface area contributed by atoms with E-state index in [9.17, 15) is 9.59 Å². The Hall–Kier alpha value is -1.95. The van der Waals surface area contributed by atoms with E-state index in [0.717, 1.165) is 11.3 Å². The molecule has 0 radical (unpaired) electrons. The van der Waals surface area contributed by atoms with Gasteiger partial charge >= 0.3 is 12.2 Å². The monoisotopic (exact) mass is 352 g/mol. The van der Waals surface area contributed by atoms with E-state index in [2.05, 4.69) is 0 Å². The fourth-order valence-corrected chi connectivity index (χ4v) is 3.76. The summed E-state index contributed by atoms with van der Waals surface area (Å²) in [6.45, 7) is 5.31. The molecule has 2 aliphatic heterocycles. The van der Waals surface area contributed by atoms with Gasteiger partial charge in [-0.2, -0.15) is 0 Å².